The van der Waals surface area contributed by atoms with Crippen LogP contribution in [0.5, 0.6) is 0 Å². The van der Waals surface area contributed by atoms with Crippen LogP contribution in [0.15, 0.2) is 36.5 Å². The summed E-state index contributed by atoms with van der Waals surface area (Å²) in [6.45, 7) is 3.81. The highest BCUT2D eigenvalue weighted by molar-refractivity contribution is 5.76. The number of aliphatic hydroxyl groups is 5. The fraction of sp³-hybridized carbons (Fsp3) is 0.900. The number of hydrogen-bond acceptors (Lipinski definition) is 8. The predicted molar refractivity (Wildman–Crippen MR) is 337 cm³/mol. The predicted octanol–water partition coefficient (Wildman–Crippen LogP) is 18.6. The average molecular weight is 1120 g/mol. The molecule has 1 rings (SSSR count). The maximum absolute atomic E-state index is 13.1. The molecule has 0 saturated carbocycles. The van der Waals surface area contributed by atoms with Gasteiger partial charge < -0.3 is 40.3 Å². The minimum atomic E-state index is -1.57. The third-order valence-electron chi connectivity index (χ3n) is 16.7. The summed E-state index contributed by atoms with van der Waals surface area (Å²) in [4.78, 5) is 13.1. The van der Waals surface area contributed by atoms with Gasteiger partial charge in [-0.3, -0.25) is 4.79 Å². The molecule has 1 heterocycles. The van der Waals surface area contributed by atoms with Crippen molar-refractivity contribution in [1.29, 1.82) is 0 Å². The Bertz CT molecular complexity index is 1340. The van der Waals surface area contributed by atoms with Crippen LogP contribution in [0.25, 0.3) is 0 Å². The zero-order valence-electron chi connectivity index (χ0n) is 52.2. The molecule has 0 aliphatic carbocycles. The number of hydrogen-bond donors (Lipinski definition) is 6. The first-order chi connectivity index (χ1) is 38.8. The van der Waals surface area contributed by atoms with Crippen LogP contribution in [0.4, 0.5) is 0 Å². The van der Waals surface area contributed by atoms with E-state index in [0.29, 0.717) is 6.42 Å². The molecule has 0 radical (unpaired) electrons. The Hall–Kier alpha value is -1.59. The van der Waals surface area contributed by atoms with Gasteiger partial charge in [-0.1, -0.05) is 320 Å². The molecule has 0 aromatic rings. The second-order valence-corrected chi connectivity index (χ2v) is 24.3. The van der Waals surface area contributed by atoms with Crippen LogP contribution in [0, 0.1) is 0 Å². The summed E-state index contributed by atoms with van der Waals surface area (Å²) >= 11 is 0. The van der Waals surface area contributed by atoms with Crippen molar-refractivity contribution in [3.63, 3.8) is 0 Å². The first-order valence-corrected chi connectivity index (χ1v) is 34.7. The Morgan fingerprint density at radius 1 is 0.418 bits per heavy atom. The second-order valence-electron chi connectivity index (χ2n) is 24.3. The van der Waals surface area contributed by atoms with E-state index < -0.39 is 49.5 Å². The molecule has 0 bridgehead atoms. The van der Waals surface area contributed by atoms with E-state index in [9.17, 15) is 30.3 Å². The van der Waals surface area contributed by atoms with Crippen molar-refractivity contribution in [3.05, 3.63) is 36.5 Å². The van der Waals surface area contributed by atoms with Gasteiger partial charge >= 0.3 is 0 Å². The summed E-state index contributed by atoms with van der Waals surface area (Å²) in [5.41, 5.74) is 0. The number of carbonyl (C=O) groups is 1. The number of nitrogens with one attached hydrogen (secondary N) is 1. The molecule has 9 nitrogen and oxygen atoms in total. The number of ether oxygens (including phenoxy) is 2. The molecule has 6 N–H and O–H groups in total. The molecule has 1 aliphatic heterocycles. The van der Waals surface area contributed by atoms with E-state index in [1.165, 1.54) is 289 Å². The van der Waals surface area contributed by atoms with Crippen molar-refractivity contribution >= 4 is 5.91 Å². The van der Waals surface area contributed by atoms with Crippen LogP contribution in [0.1, 0.15) is 348 Å². The van der Waals surface area contributed by atoms with Crippen LogP contribution >= 0.6 is 0 Å². The summed E-state index contributed by atoms with van der Waals surface area (Å²) in [6.07, 6.45) is 72.6. The van der Waals surface area contributed by atoms with Gasteiger partial charge in [-0.25, -0.2) is 0 Å². The number of amides is 1. The Morgan fingerprint density at radius 2 is 0.722 bits per heavy atom. The van der Waals surface area contributed by atoms with E-state index in [1.54, 1.807) is 6.08 Å². The zero-order valence-corrected chi connectivity index (χ0v) is 52.2. The summed E-state index contributed by atoms with van der Waals surface area (Å²) in [5, 5.41) is 54.7. The van der Waals surface area contributed by atoms with E-state index in [4.69, 9.17) is 9.47 Å². The lowest BCUT2D eigenvalue weighted by Crippen LogP contribution is -2.60. The minimum absolute atomic E-state index is 0.180. The first-order valence-electron chi connectivity index (χ1n) is 34.7. The highest BCUT2D eigenvalue weighted by Crippen LogP contribution is 2.23. The molecule has 9 heteroatoms. The van der Waals surface area contributed by atoms with Crippen LogP contribution in [0.3, 0.4) is 0 Å². The van der Waals surface area contributed by atoms with Crippen LogP contribution < -0.4 is 5.32 Å². The minimum Gasteiger partial charge on any atom is -0.394 e. The third-order valence-corrected chi connectivity index (χ3v) is 16.7. The maximum atomic E-state index is 13.1. The van der Waals surface area contributed by atoms with Crippen molar-refractivity contribution in [2.45, 2.75) is 391 Å². The number of rotatable bonds is 61. The van der Waals surface area contributed by atoms with Gasteiger partial charge in [-0.05, 0) is 57.8 Å². The fourth-order valence-corrected chi connectivity index (χ4v) is 11.2. The second kappa shape index (κ2) is 59.6. The molecular weight excluding hydrogens is 983 g/mol. The number of allylic oxidation sites excluding steroid dienone is 5. The fourth-order valence-electron chi connectivity index (χ4n) is 11.2. The molecule has 1 aliphatic rings. The summed E-state index contributed by atoms with van der Waals surface area (Å²) in [6, 6.07) is -0.821. The quantitative estimate of drug-likeness (QED) is 0.0261. The van der Waals surface area contributed by atoms with E-state index in [1.807, 2.05) is 6.08 Å². The molecule has 79 heavy (non-hydrogen) atoms. The highest BCUT2D eigenvalue weighted by Gasteiger charge is 2.44. The van der Waals surface area contributed by atoms with Crippen LogP contribution in [0.2, 0.25) is 0 Å². The molecule has 1 saturated heterocycles. The van der Waals surface area contributed by atoms with Gasteiger partial charge in [-0.2, -0.15) is 0 Å². The van der Waals surface area contributed by atoms with E-state index in [2.05, 4.69) is 43.5 Å². The Balaban J connectivity index is 2.11. The molecule has 466 valence electrons. The van der Waals surface area contributed by atoms with Crippen LogP contribution in [-0.4, -0.2) is 87.5 Å². The van der Waals surface area contributed by atoms with Gasteiger partial charge in [0.25, 0.3) is 0 Å². The summed E-state index contributed by atoms with van der Waals surface area (Å²) in [7, 11) is 0. The molecule has 0 aromatic heterocycles. The maximum Gasteiger partial charge on any atom is 0.220 e. The SMILES string of the molecule is CCCCCCCCCCCCCCCC/C=C\CCCCCCCCCCCCCCCCCCCC(=O)NC(COC1OC(CO)C(O)C(O)C1O)C(O)/C=C/CC/C=C/CCCCCCCCCCCCCCCCC. The lowest BCUT2D eigenvalue weighted by atomic mass is 9.99. The topological polar surface area (TPSA) is 149 Å². The van der Waals surface area contributed by atoms with E-state index in [-0.39, 0.29) is 12.5 Å². The molecule has 1 amide bonds. The van der Waals surface area contributed by atoms with Crippen molar-refractivity contribution in [1.82, 2.24) is 5.32 Å². The molecule has 0 spiro atoms. The summed E-state index contributed by atoms with van der Waals surface area (Å²) in [5.74, 6) is -0.180. The lowest BCUT2D eigenvalue weighted by molar-refractivity contribution is -0.302. The van der Waals surface area contributed by atoms with Gasteiger partial charge in [-0.15, -0.1) is 0 Å². The van der Waals surface area contributed by atoms with Crippen molar-refractivity contribution in [2.24, 2.45) is 0 Å². The number of carbonyl (C=O) groups excluding carboxylic acids is 1. The normalized spacial score (nSPS) is 18.7. The molecule has 7 atom stereocenters. The standard InChI is InChI=1S/C70H133NO8/c1-3-5-7-9-11-13-15-17-19-21-23-25-26-27-28-29-30-31-32-33-34-35-36-37-38-40-42-44-46-48-50-52-54-56-58-60-66(74)71-63(62-78-70-69(77)68(76)67(75)65(61-72)79-70)64(73)59-57-55-53-51-49-47-45-43-41-39-24-22-20-18-16-14-12-10-8-6-4-2/h29-30,49,51,57,59,63-65,67-70,72-73,75-77H,3-28,31-48,50,52-56,58,60-62H2,1-2H3,(H,71,74)/b30-29-,51-49+,59-57+. The van der Waals surface area contributed by atoms with E-state index in [0.717, 1.165) is 38.5 Å². The van der Waals surface area contributed by atoms with Crippen molar-refractivity contribution < 1.29 is 39.8 Å². The summed E-state index contributed by atoms with van der Waals surface area (Å²) < 4.78 is 11.3. The average Bonchev–Trinajstić information content (AvgIpc) is 3.47. The first kappa shape index (κ1) is 75.4. The lowest BCUT2D eigenvalue weighted by Gasteiger charge is -2.40. The number of unbranched alkanes of at least 4 members (excludes halogenated alkanes) is 47. The van der Waals surface area contributed by atoms with Crippen molar-refractivity contribution in [3.8, 4) is 0 Å². The Labute approximate surface area is 489 Å². The monoisotopic (exact) mass is 1120 g/mol. The van der Waals surface area contributed by atoms with E-state index >= 15 is 0 Å². The smallest absolute Gasteiger partial charge is 0.220 e. The molecular formula is C70H133NO8. The van der Waals surface area contributed by atoms with Crippen molar-refractivity contribution in [2.75, 3.05) is 13.2 Å². The largest absolute Gasteiger partial charge is 0.394 e. The van der Waals surface area contributed by atoms with Gasteiger partial charge in [0.1, 0.15) is 24.4 Å². The number of aliphatic hydroxyl groups excluding tert-OH is 5. The molecule has 7 unspecified atom stereocenters. The van der Waals surface area contributed by atoms with Gasteiger partial charge in [0.15, 0.2) is 6.29 Å². The van der Waals surface area contributed by atoms with Gasteiger partial charge in [0.2, 0.25) is 5.91 Å². The van der Waals surface area contributed by atoms with Gasteiger partial charge in [0.05, 0.1) is 25.4 Å². The Kier molecular flexibility index (Phi) is 56.9. The van der Waals surface area contributed by atoms with Crippen LogP contribution in [-0.2, 0) is 14.3 Å². The Morgan fingerprint density at radius 3 is 1.06 bits per heavy atom. The highest BCUT2D eigenvalue weighted by atomic mass is 16.7. The zero-order chi connectivity index (χ0) is 57.2. The third kappa shape index (κ3) is 48.5. The molecule has 1 fully saturated rings. The molecule has 0 aromatic carbocycles. The van der Waals surface area contributed by atoms with Gasteiger partial charge in [0, 0.05) is 6.42 Å².